The van der Waals surface area contributed by atoms with Gasteiger partial charge < -0.3 is 5.73 Å². The first-order valence-corrected chi connectivity index (χ1v) is 4.34. The van der Waals surface area contributed by atoms with E-state index >= 15 is 0 Å². The lowest BCUT2D eigenvalue weighted by Crippen LogP contribution is -2.36. The zero-order valence-corrected chi connectivity index (χ0v) is 5.98. The van der Waals surface area contributed by atoms with Gasteiger partial charge in [0.05, 0.1) is 5.75 Å². The molecule has 0 radical (unpaired) electrons. The van der Waals surface area contributed by atoms with Crippen LogP contribution in [-0.4, -0.2) is 19.7 Å². The average Bonchev–Trinajstić information content (AvgIpc) is 1.78. The lowest BCUT2D eigenvalue weighted by atomic mass is 10.1. The van der Waals surface area contributed by atoms with Crippen molar-refractivity contribution in [3.8, 4) is 0 Å². The summed E-state index contributed by atoms with van der Waals surface area (Å²) in [5, 5.41) is 1.17. The zero-order chi connectivity index (χ0) is 7.12. The molecule has 0 aromatic carbocycles. The van der Waals surface area contributed by atoms with Crippen molar-refractivity contribution in [3.63, 3.8) is 0 Å². The van der Waals surface area contributed by atoms with Crippen LogP contribution in [0.5, 0.6) is 0 Å². The molecule has 0 bridgehead atoms. The summed E-state index contributed by atoms with van der Waals surface area (Å²) in [5.41, 5.74) is 4.85. The van der Waals surface area contributed by atoms with Gasteiger partial charge in [-0.05, 0) is 6.92 Å². The van der Waals surface area contributed by atoms with Gasteiger partial charge in [-0.2, -0.15) is 0 Å². The average molecular weight is 147 g/mol. The molecule has 0 saturated carbocycles. The second-order valence-corrected chi connectivity index (χ2v) is 4.50. The molecule has 4 heteroatoms. The van der Waals surface area contributed by atoms with Crippen LogP contribution in [0.25, 0.3) is 0 Å². The molecular formula is C5H9NO2S. The van der Waals surface area contributed by atoms with Gasteiger partial charge in [0.15, 0.2) is 9.84 Å². The number of hydrogen-bond acceptors (Lipinski definition) is 3. The second-order valence-electron chi connectivity index (χ2n) is 2.62. The van der Waals surface area contributed by atoms with E-state index in [0.717, 1.165) is 0 Å². The Balaban J connectivity index is 2.97. The number of sulfone groups is 1. The number of nitrogens with two attached hydrogens (primary N) is 1. The fourth-order valence-electron chi connectivity index (χ4n) is 0.789. The van der Waals surface area contributed by atoms with Crippen LogP contribution in [0.15, 0.2) is 11.5 Å². The maximum Gasteiger partial charge on any atom is 0.173 e. The third kappa shape index (κ3) is 1.53. The highest BCUT2D eigenvalue weighted by Crippen LogP contribution is 2.15. The molecular weight excluding hydrogens is 138 g/mol. The Kier molecular flexibility index (Phi) is 1.18. The van der Waals surface area contributed by atoms with Crippen molar-refractivity contribution in [2.45, 2.75) is 12.5 Å². The van der Waals surface area contributed by atoms with Gasteiger partial charge in [-0.1, -0.05) is 6.08 Å². The Bertz CT molecular complexity index is 238. The summed E-state index contributed by atoms with van der Waals surface area (Å²) in [5.74, 6) is 0.0417. The van der Waals surface area contributed by atoms with Crippen LogP contribution in [0.4, 0.5) is 0 Å². The van der Waals surface area contributed by atoms with Gasteiger partial charge in [-0.15, -0.1) is 0 Å². The van der Waals surface area contributed by atoms with E-state index in [0.29, 0.717) is 0 Å². The van der Waals surface area contributed by atoms with Crippen molar-refractivity contribution in [1.82, 2.24) is 0 Å². The van der Waals surface area contributed by atoms with Gasteiger partial charge in [0.2, 0.25) is 0 Å². The van der Waals surface area contributed by atoms with Crippen LogP contribution in [0.3, 0.4) is 0 Å². The Morgan fingerprint density at radius 3 is 2.33 bits per heavy atom. The molecule has 1 rings (SSSR count). The van der Waals surface area contributed by atoms with Gasteiger partial charge in [0, 0.05) is 10.9 Å². The highest BCUT2D eigenvalue weighted by atomic mass is 32.2. The molecule has 0 aliphatic carbocycles. The van der Waals surface area contributed by atoms with E-state index in [1.807, 2.05) is 0 Å². The minimum Gasteiger partial charge on any atom is -0.321 e. The van der Waals surface area contributed by atoms with Crippen molar-refractivity contribution in [2.75, 3.05) is 5.75 Å². The first-order valence-electron chi connectivity index (χ1n) is 2.62. The molecule has 0 fully saturated rings. The monoisotopic (exact) mass is 147 g/mol. The second kappa shape index (κ2) is 1.58. The van der Waals surface area contributed by atoms with Crippen molar-refractivity contribution >= 4 is 9.84 Å². The summed E-state index contributed by atoms with van der Waals surface area (Å²) in [6.45, 7) is 1.69. The van der Waals surface area contributed by atoms with Gasteiger partial charge in [0.25, 0.3) is 0 Å². The van der Waals surface area contributed by atoms with Crippen LogP contribution >= 0.6 is 0 Å². The number of rotatable bonds is 0. The summed E-state index contributed by atoms with van der Waals surface area (Å²) in [4.78, 5) is 0. The minimum atomic E-state index is -2.96. The van der Waals surface area contributed by atoms with E-state index in [2.05, 4.69) is 0 Å². The summed E-state index contributed by atoms with van der Waals surface area (Å²) < 4.78 is 21.4. The molecule has 1 aliphatic heterocycles. The molecule has 1 atom stereocenters. The smallest absolute Gasteiger partial charge is 0.173 e. The van der Waals surface area contributed by atoms with Crippen LogP contribution in [0.2, 0.25) is 0 Å². The highest BCUT2D eigenvalue weighted by molar-refractivity contribution is 7.94. The maximum absolute atomic E-state index is 10.7. The van der Waals surface area contributed by atoms with Crippen molar-refractivity contribution in [1.29, 1.82) is 0 Å². The predicted octanol–water partition coefficient (Wildman–Crippen LogP) is -0.354. The number of hydrogen-bond donors (Lipinski definition) is 1. The van der Waals surface area contributed by atoms with Crippen molar-refractivity contribution in [3.05, 3.63) is 11.5 Å². The van der Waals surface area contributed by atoms with Crippen molar-refractivity contribution < 1.29 is 8.42 Å². The Labute approximate surface area is 54.5 Å². The lowest BCUT2D eigenvalue weighted by Gasteiger charge is -2.10. The first-order chi connectivity index (χ1) is 3.91. The minimum absolute atomic E-state index is 0.0417. The van der Waals surface area contributed by atoms with Crippen LogP contribution in [0.1, 0.15) is 6.92 Å². The molecule has 1 unspecified atom stereocenters. The molecule has 1 heterocycles. The van der Waals surface area contributed by atoms with Crippen molar-refractivity contribution in [2.24, 2.45) is 5.73 Å². The molecule has 1 aliphatic rings. The zero-order valence-electron chi connectivity index (χ0n) is 5.16. The van der Waals surface area contributed by atoms with Gasteiger partial charge in [-0.3, -0.25) is 0 Å². The fourth-order valence-corrected chi connectivity index (χ4v) is 2.37. The highest BCUT2D eigenvalue weighted by Gasteiger charge is 2.28. The fraction of sp³-hybridized carbons (Fsp3) is 0.600. The molecule has 2 N–H and O–H groups in total. The topological polar surface area (TPSA) is 60.2 Å². The van der Waals surface area contributed by atoms with Crippen LogP contribution < -0.4 is 5.73 Å². The first kappa shape index (κ1) is 6.77. The van der Waals surface area contributed by atoms with Gasteiger partial charge in [-0.25, -0.2) is 8.42 Å². The summed E-state index contributed by atoms with van der Waals surface area (Å²) >= 11 is 0. The molecule has 0 spiro atoms. The largest absolute Gasteiger partial charge is 0.321 e. The molecule has 0 saturated heterocycles. The normalized spacial score (nSPS) is 39.3. The third-order valence-corrected chi connectivity index (χ3v) is 2.74. The predicted molar refractivity (Wildman–Crippen MR) is 35.5 cm³/mol. The van der Waals surface area contributed by atoms with E-state index in [1.165, 1.54) is 11.5 Å². The van der Waals surface area contributed by atoms with Gasteiger partial charge >= 0.3 is 0 Å². The molecule has 0 amide bonds. The molecule has 9 heavy (non-hydrogen) atoms. The SMILES string of the molecule is CC1(N)C=CS(=O)(=O)C1. The van der Waals surface area contributed by atoms with E-state index in [-0.39, 0.29) is 5.75 Å². The molecule has 3 nitrogen and oxygen atoms in total. The van der Waals surface area contributed by atoms with E-state index in [1.54, 1.807) is 6.92 Å². The molecule has 0 aromatic heterocycles. The molecule has 0 aromatic rings. The Hall–Kier alpha value is -0.350. The summed E-state index contributed by atoms with van der Waals surface area (Å²) in [7, 11) is -2.96. The van der Waals surface area contributed by atoms with Gasteiger partial charge in [0.1, 0.15) is 0 Å². The maximum atomic E-state index is 10.7. The summed E-state index contributed by atoms with van der Waals surface area (Å²) in [6.07, 6.45) is 1.52. The van der Waals surface area contributed by atoms with E-state index in [9.17, 15) is 8.42 Å². The van der Waals surface area contributed by atoms with E-state index < -0.39 is 15.4 Å². The lowest BCUT2D eigenvalue weighted by molar-refractivity contribution is 0.589. The molecule has 52 valence electrons. The van der Waals surface area contributed by atoms with Crippen LogP contribution in [-0.2, 0) is 9.84 Å². The Morgan fingerprint density at radius 2 is 2.22 bits per heavy atom. The third-order valence-electron chi connectivity index (χ3n) is 1.17. The van der Waals surface area contributed by atoms with E-state index in [4.69, 9.17) is 5.73 Å². The summed E-state index contributed by atoms with van der Waals surface area (Å²) in [6, 6.07) is 0. The standard InChI is InChI=1S/C5H9NO2S/c1-5(6)2-3-9(7,8)4-5/h2-3H,4,6H2,1H3. The quantitative estimate of drug-likeness (QED) is 0.509. The Morgan fingerprint density at radius 1 is 1.67 bits per heavy atom. The van der Waals surface area contributed by atoms with Crippen LogP contribution in [0, 0.1) is 0 Å².